The molecule has 0 aliphatic carbocycles. The summed E-state index contributed by atoms with van der Waals surface area (Å²) in [5.41, 5.74) is 3.62. The van der Waals surface area contributed by atoms with Gasteiger partial charge in [-0.1, -0.05) is 48.0 Å². The van der Waals surface area contributed by atoms with Crippen molar-refractivity contribution in [3.63, 3.8) is 0 Å². The summed E-state index contributed by atoms with van der Waals surface area (Å²) in [5.74, 6) is 1.14. The largest absolute Gasteiger partial charge is 0.350 e. The molecule has 0 spiro atoms. The van der Waals surface area contributed by atoms with Gasteiger partial charge in [0.25, 0.3) is 0 Å². The SMILES string of the molecule is O=C(Cc1ccc(Cl)cc1)Nc1ccc(N2CCc3ccccc3C2)nn1. The van der Waals surface area contributed by atoms with Crippen molar-refractivity contribution in [1.29, 1.82) is 0 Å². The van der Waals surface area contributed by atoms with Gasteiger partial charge in [-0.25, -0.2) is 0 Å². The average Bonchev–Trinajstić information content (AvgIpc) is 2.70. The van der Waals surface area contributed by atoms with Crippen molar-refractivity contribution >= 4 is 29.1 Å². The summed E-state index contributed by atoms with van der Waals surface area (Å²) in [5, 5.41) is 11.9. The zero-order valence-electron chi connectivity index (χ0n) is 14.7. The Morgan fingerprint density at radius 2 is 1.78 bits per heavy atom. The van der Waals surface area contributed by atoms with E-state index in [1.165, 1.54) is 11.1 Å². The molecule has 0 saturated heterocycles. The molecule has 3 aromatic rings. The monoisotopic (exact) mass is 378 g/mol. The van der Waals surface area contributed by atoms with Crippen molar-refractivity contribution in [2.75, 3.05) is 16.8 Å². The second kappa shape index (κ2) is 7.76. The third-order valence-electron chi connectivity index (χ3n) is 4.65. The Morgan fingerprint density at radius 1 is 1.00 bits per heavy atom. The summed E-state index contributed by atoms with van der Waals surface area (Å²) < 4.78 is 0. The van der Waals surface area contributed by atoms with Gasteiger partial charge in [0.05, 0.1) is 6.42 Å². The molecule has 27 heavy (non-hydrogen) atoms. The van der Waals surface area contributed by atoms with E-state index >= 15 is 0 Å². The minimum absolute atomic E-state index is 0.133. The molecule has 0 atom stereocenters. The lowest BCUT2D eigenvalue weighted by atomic mass is 10.00. The van der Waals surface area contributed by atoms with Crippen LogP contribution in [0.2, 0.25) is 5.02 Å². The molecule has 1 amide bonds. The average molecular weight is 379 g/mol. The van der Waals surface area contributed by atoms with Gasteiger partial charge in [-0.05, 0) is 47.4 Å². The van der Waals surface area contributed by atoms with Crippen LogP contribution in [0.1, 0.15) is 16.7 Å². The highest BCUT2D eigenvalue weighted by Crippen LogP contribution is 2.23. The number of fused-ring (bicyclic) bond motifs is 1. The fourth-order valence-corrected chi connectivity index (χ4v) is 3.35. The number of benzene rings is 2. The molecule has 4 rings (SSSR count). The maximum absolute atomic E-state index is 12.2. The highest BCUT2D eigenvalue weighted by atomic mass is 35.5. The summed E-state index contributed by atoms with van der Waals surface area (Å²) in [6.07, 6.45) is 1.26. The van der Waals surface area contributed by atoms with Crippen LogP contribution in [0.5, 0.6) is 0 Å². The van der Waals surface area contributed by atoms with Crippen LogP contribution in [0.3, 0.4) is 0 Å². The lowest BCUT2D eigenvalue weighted by molar-refractivity contribution is -0.115. The molecule has 136 valence electrons. The van der Waals surface area contributed by atoms with E-state index in [0.29, 0.717) is 10.8 Å². The summed E-state index contributed by atoms with van der Waals surface area (Å²) in [6, 6.07) is 19.4. The van der Waals surface area contributed by atoms with E-state index in [1.807, 2.05) is 18.2 Å². The third-order valence-corrected chi connectivity index (χ3v) is 4.90. The van der Waals surface area contributed by atoms with Gasteiger partial charge in [-0.2, -0.15) is 0 Å². The first kappa shape index (κ1) is 17.5. The summed E-state index contributed by atoms with van der Waals surface area (Å²) in [7, 11) is 0. The number of nitrogens with zero attached hydrogens (tertiary/aromatic N) is 3. The van der Waals surface area contributed by atoms with Crippen LogP contribution in [-0.2, 0) is 24.2 Å². The zero-order valence-corrected chi connectivity index (χ0v) is 15.5. The van der Waals surface area contributed by atoms with Crippen molar-refractivity contribution in [2.45, 2.75) is 19.4 Å². The molecule has 2 aromatic carbocycles. The van der Waals surface area contributed by atoms with Crippen LogP contribution in [0.25, 0.3) is 0 Å². The summed E-state index contributed by atoms with van der Waals surface area (Å²) in [6.45, 7) is 1.74. The quantitative estimate of drug-likeness (QED) is 0.748. The van der Waals surface area contributed by atoms with Crippen LogP contribution in [0.15, 0.2) is 60.7 Å². The normalized spacial score (nSPS) is 13.1. The number of aromatic nitrogens is 2. The minimum Gasteiger partial charge on any atom is -0.350 e. The highest BCUT2D eigenvalue weighted by Gasteiger charge is 2.17. The van der Waals surface area contributed by atoms with Crippen LogP contribution in [0.4, 0.5) is 11.6 Å². The number of hydrogen-bond donors (Lipinski definition) is 1. The fraction of sp³-hybridized carbons (Fsp3) is 0.190. The number of carbonyl (C=O) groups is 1. The Morgan fingerprint density at radius 3 is 2.52 bits per heavy atom. The second-order valence-electron chi connectivity index (χ2n) is 6.57. The van der Waals surface area contributed by atoms with Gasteiger partial charge in [0.1, 0.15) is 0 Å². The van der Waals surface area contributed by atoms with E-state index in [-0.39, 0.29) is 12.3 Å². The summed E-state index contributed by atoms with van der Waals surface area (Å²) in [4.78, 5) is 14.4. The van der Waals surface area contributed by atoms with Crippen LogP contribution >= 0.6 is 11.6 Å². The Kier molecular flexibility index (Phi) is 5.03. The first-order chi connectivity index (χ1) is 13.2. The van der Waals surface area contributed by atoms with Crippen molar-refractivity contribution < 1.29 is 4.79 Å². The molecule has 1 N–H and O–H groups in total. The molecule has 0 saturated carbocycles. The van der Waals surface area contributed by atoms with Crippen molar-refractivity contribution in [3.05, 3.63) is 82.4 Å². The van der Waals surface area contributed by atoms with E-state index in [4.69, 9.17) is 11.6 Å². The first-order valence-electron chi connectivity index (χ1n) is 8.87. The molecule has 0 fully saturated rings. The van der Waals surface area contributed by atoms with Crippen LogP contribution in [0, 0.1) is 0 Å². The van der Waals surface area contributed by atoms with Gasteiger partial charge in [-0.15, -0.1) is 10.2 Å². The zero-order chi connectivity index (χ0) is 18.6. The molecular formula is C21H19ClN4O. The number of hydrogen-bond acceptors (Lipinski definition) is 4. The maximum atomic E-state index is 12.2. The van der Waals surface area contributed by atoms with Crippen LogP contribution in [-0.4, -0.2) is 22.6 Å². The van der Waals surface area contributed by atoms with E-state index in [1.54, 1.807) is 18.2 Å². The molecule has 1 aliphatic heterocycles. The number of nitrogens with one attached hydrogen (secondary N) is 1. The topological polar surface area (TPSA) is 58.1 Å². The van der Waals surface area contributed by atoms with E-state index in [0.717, 1.165) is 30.9 Å². The van der Waals surface area contributed by atoms with Crippen molar-refractivity contribution in [1.82, 2.24) is 10.2 Å². The van der Waals surface area contributed by atoms with Gasteiger partial charge < -0.3 is 10.2 Å². The number of amides is 1. The lowest BCUT2D eigenvalue weighted by Crippen LogP contribution is -2.31. The van der Waals surface area contributed by atoms with Gasteiger partial charge in [-0.3, -0.25) is 4.79 Å². The van der Waals surface area contributed by atoms with E-state index in [9.17, 15) is 4.79 Å². The highest BCUT2D eigenvalue weighted by molar-refractivity contribution is 6.30. The fourth-order valence-electron chi connectivity index (χ4n) is 3.23. The maximum Gasteiger partial charge on any atom is 0.229 e. The molecular weight excluding hydrogens is 360 g/mol. The lowest BCUT2D eigenvalue weighted by Gasteiger charge is -2.29. The summed E-state index contributed by atoms with van der Waals surface area (Å²) >= 11 is 5.86. The molecule has 5 nitrogen and oxygen atoms in total. The molecule has 0 unspecified atom stereocenters. The molecule has 0 radical (unpaired) electrons. The number of halogens is 1. The van der Waals surface area contributed by atoms with Crippen molar-refractivity contribution in [3.8, 4) is 0 Å². The Bertz CT molecular complexity index is 941. The number of rotatable bonds is 4. The molecule has 1 aromatic heterocycles. The Labute approximate surface area is 163 Å². The van der Waals surface area contributed by atoms with Crippen LogP contribution < -0.4 is 10.2 Å². The van der Waals surface area contributed by atoms with Gasteiger partial charge in [0, 0.05) is 18.1 Å². The molecule has 6 heteroatoms. The predicted octanol–water partition coefficient (Wildman–Crippen LogP) is 3.87. The Hall–Kier alpha value is -2.92. The molecule has 1 aliphatic rings. The third kappa shape index (κ3) is 4.26. The number of carbonyl (C=O) groups excluding carboxylic acids is 1. The van der Waals surface area contributed by atoms with Gasteiger partial charge in [0.2, 0.25) is 5.91 Å². The van der Waals surface area contributed by atoms with E-state index in [2.05, 4.69) is 44.7 Å². The molecule has 0 bridgehead atoms. The standard InChI is InChI=1S/C21H19ClN4O/c22-18-7-5-15(6-8-18)13-21(27)23-19-9-10-20(25-24-19)26-12-11-16-3-1-2-4-17(16)14-26/h1-10H,11-14H2,(H,23,24,27). The second-order valence-corrected chi connectivity index (χ2v) is 7.00. The smallest absolute Gasteiger partial charge is 0.229 e. The van der Waals surface area contributed by atoms with Gasteiger partial charge in [0.15, 0.2) is 11.6 Å². The van der Waals surface area contributed by atoms with E-state index < -0.39 is 0 Å². The minimum atomic E-state index is -0.133. The Balaban J connectivity index is 1.38. The predicted molar refractivity (Wildman–Crippen MR) is 107 cm³/mol. The molecule has 2 heterocycles. The first-order valence-corrected chi connectivity index (χ1v) is 9.25. The van der Waals surface area contributed by atoms with Crippen molar-refractivity contribution in [2.24, 2.45) is 0 Å². The number of anilines is 2. The van der Waals surface area contributed by atoms with Gasteiger partial charge >= 0.3 is 0 Å².